The van der Waals surface area contributed by atoms with Gasteiger partial charge in [-0.3, -0.25) is 4.79 Å². The van der Waals surface area contributed by atoms with Gasteiger partial charge in [-0.25, -0.2) is 0 Å². The summed E-state index contributed by atoms with van der Waals surface area (Å²) in [6, 6.07) is 5.25. The van der Waals surface area contributed by atoms with Gasteiger partial charge in [0.25, 0.3) is 0 Å². The number of fused-ring (bicyclic) bond motifs is 1. The predicted octanol–water partition coefficient (Wildman–Crippen LogP) is 2.74. The maximum Gasteiger partial charge on any atom is 0.134 e. The third-order valence-electron chi connectivity index (χ3n) is 2.08. The van der Waals surface area contributed by atoms with E-state index in [9.17, 15) is 9.90 Å². The Labute approximate surface area is 85.8 Å². The fourth-order valence-electron chi connectivity index (χ4n) is 1.47. The number of aromatic hydroxyl groups is 1. The number of ketones is 1. The van der Waals surface area contributed by atoms with Crippen LogP contribution in [-0.4, -0.2) is 10.9 Å². The Bertz CT molecular complexity index is 485. The summed E-state index contributed by atoms with van der Waals surface area (Å²) >= 11 is 1.60. The van der Waals surface area contributed by atoms with Crippen molar-refractivity contribution in [2.75, 3.05) is 0 Å². The highest BCUT2D eigenvalue weighted by Gasteiger charge is 2.06. The number of benzene rings is 1. The van der Waals surface area contributed by atoms with E-state index in [4.69, 9.17) is 0 Å². The van der Waals surface area contributed by atoms with Crippen LogP contribution in [0.1, 0.15) is 12.5 Å². The second-order valence-electron chi connectivity index (χ2n) is 3.32. The van der Waals surface area contributed by atoms with E-state index in [1.165, 1.54) is 0 Å². The molecule has 0 radical (unpaired) electrons. The van der Waals surface area contributed by atoms with Crippen LogP contribution < -0.4 is 0 Å². The molecule has 1 heterocycles. The molecule has 0 fully saturated rings. The monoisotopic (exact) mass is 206 g/mol. The normalized spacial score (nSPS) is 10.6. The van der Waals surface area contributed by atoms with E-state index in [0.29, 0.717) is 6.42 Å². The van der Waals surface area contributed by atoms with Crippen LogP contribution in [0.25, 0.3) is 10.1 Å². The lowest BCUT2D eigenvalue weighted by Gasteiger charge is -1.96. The van der Waals surface area contributed by atoms with Crippen molar-refractivity contribution in [3.63, 3.8) is 0 Å². The van der Waals surface area contributed by atoms with Crippen LogP contribution in [0, 0.1) is 0 Å². The Hall–Kier alpha value is -1.35. The lowest BCUT2D eigenvalue weighted by Crippen LogP contribution is -1.94. The molecular formula is C11H10O2S. The summed E-state index contributed by atoms with van der Waals surface area (Å²) < 4.78 is 1.11. The van der Waals surface area contributed by atoms with E-state index < -0.39 is 0 Å². The number of carbonyl (C=O) groups is 1. The molecule has 0 bridgehead atoms. The molecule has 0 amide bonds. The molecule has 2 rings (SSSR count). The number of hydrogen-bond acceptors (Lipinski definition) is 3. The Morgan fingerprint density at radius 2 is 2.29 bits per heavy atom. The highest BCUT2D eigenvalue weighted by molar-refractivity contribution is 7.17. The van der Waals surface area contributed by atoms with Gasteiger partial charge in [-0.2, -0.15) is 0 Å². The summed E-state index contributed by atoms with van der Waals surface area (Å²) in [7, 11) is 0. The molecule has 72 valence electrons. The maximum atomic E-state index is 11.0. The average molecular weight is 206 g/mol. The highest BCUT2D eigenvalue weighted by Crippen LogP contribution is 2.29. The number of carbonyl (C=O) groups excluding carboxylic acids is 1. The summed E-state index contributed by atoms with van der Waals surface area (Å²) in [6.07, 6.45) is 0.448. The van der Waals surface area contributed by atoms with Gasteiger partial charge in [0.05, 0.1) is 0 Å². The Balaban J connectivity index is 2.55. The first-order chi connectivity index (χ1) is 6.66. The molecule has 3 heteroatoms. The van der Waals surface area contributed by atoms with Crippen molar-refractivity contribution in [3.05, 3.63) is 29.1 Å². The average Bonchev–Trinajstić information content (AvgIpc) is 2.47. The number of phenols is 1. The summed E-state index contributed by atoms with van der Waals surface area (Å²) in [5.74, 6) is 0.397. The molecule has 1 N–H and O–H groups in total. The highest BCUT2D eigenvalue weighted by atomic mass is 32.1. The largest absolute Gasteiger partial charge is 0.508 e. The molecule has 0 spiro atoms. The summed E-state index contributed by atoms with van der Waals surface area (Å²) in [6.45, 7) is 1.58. The van der Waals surface area contributed by atoms with Crippen molar-refractivity contribution >= 4 is 27.2 Å². The minimum absolute atomic E-state index is 0.146. The second-order valence-corrected chi connectivity index (χ2v) is 4.23. The van der Waals surface area contributed by atoms with Crippen molar-refractivity contribution in [2.24, 2.45) is 0 Å². The fourth-order valence-corrected chi connectivity index (χ4v) is 2.42. The van der Waals surface area contributed by atoms with E-state index in [1.54, 1.807) is 30.4 Å². The minimum Gasteiger partial charge on any atom is -0.508 e. The van der Waals surface area contributed by atoms with Crippen molar-refractivity contribution < 1.29 is 9.90 Å². The molecule has 0 aliphatic carbocycles. The molecular weight excluding hydrogens is 196 g/mol. The smallest absolute Gasteiger partial charge is 0.134 e. The van der Waals surface area contributed by atoms with Gasteiger partial charge in [0.15, 0.2) is 0 Å². The first kappa shape index (κ1) is 9.21. The van der Waals surface area contributed by atoms with Gasteiger partial charge in [-0.05, 0) is 41.5 Å². The summed E-state index contributed by atoms with van der Waals surface area (Å²) in [4.78, 5) is 11.0. The number of Topliss-reactive ketones (excluding diaryl/α,β-unsaturated/α-hetero) is 1. The molecule has 2 nitrogen and oxygen atoms in total. The topological polar surface area (TPSA) is 37.3 Å². The van der Waals surface area contributed by atoms with Crippen molar-refractivity contribution in [1.82, 2.24) is 0 Å². The molecule has 0 aliphatic heterocycles. The van der Waals surface area contributed by atoms with Crippen LogP contribution in [0.2, 0.25) is 0 Å². The van der Waals surface area contributed by atoms with Crippen LogP contribution in [0.3, 0.4) is 0 Å². The van der Waals surface area contributed by atoms with E-state index >= 15 is 0 Å². The first-order valence-corrected chi connectivity index (χ1v) is 5.23. The van der Waals surface area contributed by atoms with Gasteiger partial charge in [0.1, 0.15) is 11.5 Å². The van der Waals surface area contributed by atoms with Gasteiger partial charge in [0, 0.05) is 11.1 Å². The van der Waals surface area contributed by atoms with Crippen LogP contribution in [0.15, 0.2) is 23.6 Å². The van der Waals surface area contributed by atoms with Crippen molar-refractivity contribution in [2.45, 2.75) is 13.3 Å². The Morgan fingerprint density at radius 3 is 3.00 bits per heavy atom. The SMILES string of the molecule is CC(=O)Cc1csc2ccc(O)cc12. The van der Waals surface area contributed by atoms with Gasteiger partial charge in [-0.15, -0.1) is 11.3 Å². The van der Waals surface area contributed by atoms with E-state index in [-0.39, 0.29) is 11.5 Å². The fraction of sp³-hybridized carbons (Fsp3) is 0.182. The number of hydrogen-bond donors (Lipinski definition) is 1. The van der Waals surface area contributed by atoms with Crippen LogP contribution in [-0.2, 0) is 11.2 Å². The molecule has 0 aliphatic rings. The zero-order valence-electron chi connectivity index (χ0n) is 7.78. The van der Waals surface area contributed by atoms with Crippen LogP contribution in [0.5, 0.6) is 5.75 Å². The van der Waals surface area contributed by atoms with Gasteiger partial charge >= 0.3 is 0 Å². The van der Waals surface area contributed by atoms with E-state index in [0.717, 1.165) is 15.6 Å². The molecule has 0 unspecified atom stereocenters. The van der Waals surface area contributed by atoms with Gasteiger partial charge in [0.2, 0.25) is 0 Å². The Kier molecular flexibility index (Phi) is 2.25. The lowest BCUT2D eigenvalue weighted by molar-refractivity contribution is -0.116. The number of phenolic OH excluding ortho intramolecular Hbond substituents is 1. The summed E-state index contributed by atoms with van der Waals surface area (Å²) in [5, 5.41) is 12.3. The molecule has 0 saturated carbocycles. The standard InChI is InChI=1S/C11H10O2S/c1-7(12)4-8-6-14-11-3-2-9(13)5-10(8)11/h2-3,5-6,13H,4H2,1H3. The zero-order chi connectivity index (χ0) is 10.1. The molecule has 14 heavy (non-hydrogen) atoms. The molecule has 1 aromatic heterocycles. The van der Waals surface area contributed by atoms with E-state index in [1.807, 2.05) is 11.4 Å². The molecule has 0 saturated heterocycles. The number of thiophene rings is 1. The van der Waals surface area contributed by atoms with Crippen molar-refractivity contribution in [1.29, 1.82) is 0 Å². The second kappa shape index (κ2) is 3.42. The van der Waals surface area contributed by atoms with E-state index in [2.05, 4.69) is 0 Å². The first-order valence-electron chi connectivity index (χ1n) is 4.35. The van der Waals surface area contributed by atoms with Crippen LogP contribution >= 0.6 is 11.3 Å². The van der Waals surface area contributed by atoms with Gasteiger partial charge in [-0.1, -0.05) is 0 Å². The molecule has 0 atom stereocenters. The maximum absolute atomic E-state index is 11.0. The van der Waals surface area contributed by atoms with Crippen molar-refractivity contribution in [3.8, 4) is 5.75 Å². The predicted molar refractivity (Wildman–Crippen MR) is 57.9 cm³/mol. The third-order valence-corrected chi connectivity index (χ3v) is 3.09. The molecule has 1 aromatic carbocycles. The van der Waals surface area contributed by atoms with Crippen LogP contribution in [0.4, 0.5) is 0 Å². The quantitative estimate of drug-likeness (QED) is 0.820. The third kappa shape index (κ3) is 1.63. The summed E-state index contributed by atoms with van der Waals surface area (Å²) in [5.41, 5.74) is 1.01. The Morgan fingerprint density at radius 1 is 1.50 bits per heavy atom. The van der Waals surface area contributed by atoms with Gasteiger partial charge < -0.3 is 5.11 Å². The number of rotatable bonds is 2. The zero-order valence-corrected chi connectivity index (χ0v) is 8.60. The molecule has 2 aromatic rings. The lowest BCUT2D eigenvalue weighted by atomic mass is 10.1. The minimum atomic E-state index is 0.146.